The average molecular weight is 166 g/mol. The Bertz CT molecular complexity index is 106. The van der Waals surface area contributed by atoms with Crippen LogP contribution in [0.4, 0.5) is 4.79 Å². The number of halogens is 1. The van der Waals surface area contributed by atoms with Crippen LogP contribution in [0.25, 0.3) is 0 Å². The molecule has 0 N–H and O–H groups in total. The van der Waals surface area contributed by atoms with Crippen LogP contribution >= 0.6 is 11.6 Å². The number of amides is 1. The smallest absolute Gasteiger partial charge is 0.409 e. The number of rotatable bonds is 3. The summed E-state index contributed by atoms with van der Waals surface area (Å²) >= 11 is 5.36. The molecular formula is C6H12ClNO2. The Kier molecular flexibility index (Phi) is 5.12. The molecule has 3 nitrogen and oxygen atoms in total. The molecule has 0 saturated heterocycles. The summed E-state index contributed by atoms with van der Waals surface area (Å²) in [5.41, 5.74) is 0. The van der Waals surface area contributed by atoms with Crippen molar-refractivity contribution in [3.8, 4) is 0 Å². The summed E-state index contributed by atoms with van der Waals surface area (Å²) < 4.78 is 4.75. The molecule has 1 amide bonds. The highest BCUT2D eigenvalue weighted by Crippen LogP contribution is 1.89. The molecule has 0 aliphatic carbocycles. The molecule has 0 spiro atoms. The third-order valence-corrected chi connectivity index (χ3v) is 1.14. The first-order valence-electron chi connectivity index (χ1n) is 3.08. The Hall–Kier alpha value is -0.440. The molecule has 0 radical (unpaired) electrons. The number of ether oxygens (including phenoxy) is 1. The lowest BCUT2D eigenvalue weighted by atomic mass is 10.5. The fourth-order valence-electron chi connectivity index (χ4n) is 0.343. The first-order chi connectivity index (χ1) is 4.68. The van der Waals surface area contributed by atoms with Crippen molar-refractivity contribution in [2.45, 2.75) is 6.42 Å². The number of hydrogen-bond donors (Lipinski definition) is 0. The van der Waals surface area contributed by atoms with Gasteiger partial charge < -0.3 is 9.64 Å². The van der Waals surface area contributed by atoms with E-state index in [1.165, 1.54) is 4.90 Å². The highest BCUT2D eigenvalue weighted by Gasteiger charge is 2.01. The molecule has 0 rings (SSSR count). The van der Waals surface area contributed by atoms with E-state index >= 15 is 0 Å². The third-order valence-electron chi connectivity index (χ3n) is 0.869. The van der Waals surface area contributed by atoms with Crippen LogP contribution in [0.5, 0.6) is 0 Å². The van der Waals surface area contributed by atoms with Crippen LogP contribution < -0.4 is 0 Å². The second-order valence-electron chi connectivity index (χ2n) is 2.05. The van der Waals surface area contributed by atoms with Crippen molar-refractivity contribution in [3.05, 3.63) is 0 Å². The Balaban J connectivity index is 3.22. The minimum absolute atomic E-state index is 0.315. The summed E-state index contributed by atoms with van der Waals surface area (Å²) in [6.45, 7) is 0.403. The van der Waals surface area contributed by atoms with Crippen LogP contribution in [-0.4, -0.2) is 37.6 Å². The quantitative estimate of drug-likeness (QED) is 0.466. The number of carbonyl (C=O) groups is 1. The monoisotopic (exact) mass is 165 g/mol. The molecule has 4 heteroatoms. The van der Waals surface area contributed by atoms with Crippen molar-refractivity contribution >= 4 is 17.7 Å². The summed E-state index contributed by atoms with van der Waals surface area (Å²) in [6, 6.07) is 0. The van der Waals surface area contributed by atoms with Gasteiger partial charge in [0, 0.05) is 20.0 Å². The highest BCUT2D eigenvalue weighted by molar-refractivity contribution is 6.17. The van der Waals surface area contributed by atoms with E-state index in [9.17, 15) is 4.79 Å². The number of carbonyl (C=O) groups excluding carboxylic acids is 1. The Labute approximate surface area is 65.9 Å². The lowest BCUT2D eigenvalue weighted by Crippen LogP contribution is -2.23. The van der Waals surface area contributed by atoms with Crippen LogP contribution in [0.2, 0.25) is 0 Å². The lowest BCUT2D eigenvalue weighted by Gasteiger charge is -2.09. The standard InChI is InChI=1S/C6H12ClNO2/c1-8(2)6(9)10-5-3-4-7/h3-5H2,1-2H3. The predicted molar refractivity (Wildman–Crippen MR) is 40.4 cm³/mol. The molecule has 10 heavy (non-hydrogen) atoms. The second kappa shape index (κ2) is 5.35. The summed E-state index contributed by atoms with van der Waals surface area (Å²) in [4.78, 5) is 12.1. The van der Waals surface area contributed by atoms with Crippen molar-refractivity contribution in [2.24, 2.45) is 0 Å². The second-order valence-corrected chi connectivity index (χ2v) is 2.43. The molecule has 0 heterocycles. The summed E-state index contributed by atoms with van der Waals surface area (Å²) in [5.74, 6) is 0.528. The maximum atomic E-state index is 10.7. The zero-order valence-electron chi connectivity index (χ0n) is 6.26. The van der Waals surface area contributed by atoms with Gasteiger partial charge in [-0.2, -0.15) is 0 Å². The number of hydrogen-bond acceptors (Lipinski definition) is 2. The van der Waals surface area contributed by atoms with E-state index in [2.05, 4.69) is 0 Å². The Morgan fingerprint density at radius 1 is 1.60 bits per heavy atom. The van der Waals surface area contributed by atoms with Gasteiger partial charge in [-0.25, -0.2) is 4.79 Å². The van der Waals surface area contributed by atoms with Crippen molar-refractivity contribution < 1.29 is 9.53 Å². The molecule has 60 valence electrons. The van der Waals surface area contributed by atoms with E-state index in [1.807, 2.05) is 0 Å². The molecule has 0 saturated carbocycles. The normalized spacial score (nSPS) is 9.10. The molecular weight excluding hydrogens is 154 g/mol. The van der Waals surface area contributed by atoms with Gasteiger partial charge in [-0.05, 0) is 6.42 Å². The minimum atomic E-state index is -0.315. The van der Waals surface area contributed by atoms with Crippen LogP contribution in [0.15, 0.2) is 0 Å². The van der Waals surface area contributed by atoms with Gasteiger partial charge >= 0.3 is 6.09 Å². The van der Waals surface area contributed by atoms with Gasteiger partial charge in [0.15, 0.2) is 0 Å². The zero-order chi connectivity index (χ0) is 7.98. The molecule has 0 fully saturated rings. The van der Waals surface area contributed by atoms with Crippen molar-refractivity contribution in [1.82, 2.24) is 4.90 Å². The Morgan fingerprint density at radius 2 is 2.20 bits per heavy atom. The van der Waals surface area contributed by atoms with E-state index in [-0.39, 0.29) is 6.09 Å². The van der Waals surface area contributed by atoms with Crippen molar-refractivity contribution in [2.75, 3.05) is 26.6 Å². The summed E-state index contributed by atoms with van der Waals surface area (Å²) in [5, 5.41) is 0. The fourth-order valence-corrected chi connectivity index (χ4v) is 0.452. The molecule has 0 bridgehead atoms. The van der Waals surface area contributed by atoms with Crippen LogP contribution in [0.3, 0.4) is 0 Å². The summed E-state index contributed by atoms with van der Waals surface area (Å²) in [6.07, 6.45) is 0.395. The molecule has 0 atom stereocenters. The van der Waals surface area contributed by atoms with Gasteiger partial charge in [-0.1, -0.05) is 0 Å². The van der Waals surface area contributed by atoms with Crippen LogP contribution in [0.1, 0.15) is 6.42 Å². The molecule has 0 aromatic carbocycles. The number of nitrogens with zero attached hydrogens (tertiary/aromatic N) is 1. The van der Waals surface area contributed by atoms with E-state index < -0.39 is 0 Å². The van der Waals surface area contributed by atoms with E-state index in [0.717, 1.165) is 0 Å². The number of alkyl halides is 1. The van der Waals surface area contributed by atoms with Crippen LogP contribution in [0, 0.1) is 0 Å². The van der Waals surface area contributed by atoms with E-state index in [0.29, 0.717) is 18.9 Å². The Morgan fingerprint density at radius 3 is 2.60 bits per heavy atom. The largest absolute Gasteiger partial charge is 0.449 e. The summed E-state index contributed by atoms with van der Waals surface area (Å²) in [7, 11) is 3.28. The lowest BCUT2D eigenvalue weighted by molar-refractivity contribution is 0.119. The van der Waals surface area contributed by atoms with Gasteiger partial charge in [-0.3, -0.25) is 0 Å². The maximum Gasteiger partial charge on any atom is 0.409 e. The zero-order valence-corrected chi connectivity index (χ0v) is 7.02. The third kappa shape index (κ3) is 4.44. The van der Waals surface area contributed by atoms with E-state index in [1.54, 1.807) is 14.1 Å². The first kappa shape index (κ1) is 9.56. The molecule has 0 aromatic rings. The SMILES string of the molecule is CN(C)C(=O)OCCCCl. The topological polar surface area (TPSA) is 29.5 Å². The maximum absolute atomic E-state index is 10.7. The van der Waals surface area contributed by atoms with Gasteiger partial charge in [0.2, 0.25) is 0 Å². The van der Waals surface area contributed by atoms with Gasteiger partial charge in [0.1, 0.15) is 0 Å². The molecule has 0 aliphatic rings. The predicted octanol–water partition coefficient (Wildman–Crippen LogP) is 1.31. The van der Waals surface area contributed by atoms with Crippen LogP contribution in [-0.2, 0) is 4.74 Å². The minimum Gasteiger partial charge on any atom is -0.449 e. The van der Waals surface area contributed by atoms with Gasteiger partial charge in [0.25, 0.3) is 0 Å². The van der Waals surface area contributed by atoms with Crippen molar-refractivity contribution in [3.63, 3.8) is 0 Å². The van der Waals surface area contributed by atoms with Gasteiger partial charge in [-0.15, -0.1) is 11.6 Å². The van der Waals surface area contributed by atoms with Crippen molar-refractivity contribution in [1.29, 1.82) is 0 Å². The average Bonchev–Trinajstić information content (AvgIpc) is 1.88. The van der Waals surface area contributed by atoms with E-state index in [4.69, 9.17) is 16.3 Å². The molecule has 0 unspecified atom stereocenters. The van der Waals surface area contributed by atoms with Gasteiger partial charge in [0.05, 0.1) is 6.61 Å². The highest BCUT2D eigenvalue weighted by atomic mass is 35.5. The molecule has 0 aromatic heterocycles. The molecule has 0 aliphatic heterocycles. The fraction of sp³-hybridized carbons (Fsp3) is 0.833. The first-order valence-corrected chi connectivity index (χ1v) is 3.62.